The van der Waals surface area contributed by atoms with Gasteiger partial charge in [0.25, 0.3) is 0 Å². The zero-order valence-electron chi connectivity index (χ0n) is 13.1. The smallest absolute Gasteiger partial charge is 0.0449 e. The van der Waals surface area contributed by atoms with Crippen LogP contribution in [0.1, 0.15) is 40.2 Å². The summed E-state index contributed by atoms with van der Waals surface area (Å²) in [6, 6.07) is 6.69. The third kappa shape index (κ3) is 2.80. The van der Waals surface area contributed by atoms with Gasteiger partial charge in [0.2, 0.25) is 0 Å². The largest absolute Gasteiger partial charge is 0.314 e. The van der Waals surface area contributed by atoms with Gasteiger partial charge in [-0.15, -0.1) is 0 Å². The van der Waals surface area contributed by atoms with Crippen LogP contribution in [0.4, 0.5) is 0 Å². The summed E-state index contributed by atoms with van der Waals surface area (Å²) in [6.45, 7) is 12.7. The second-order valence-electron chi connectivity index (χ2n) is 7.03. The maximum Gasteiger partial charge on any atom is 0.0449 e. The van der Waals surface area contributed by atoms with Crippen LogP contribution in [0.2, 0.25) is 5.02 Å². The van der Waals surface area contributed by atoms with Crippen molar-refractivity contribution in [2.75, 3.05) is 6.54 Å². The highest BCUT2D eigenvalue weighted by atomic mass is 79.9. The van der Waals surface area contributed by atoms with E-state index < -0.39 is 0 Å². The first-order chi connectivity index (χ1) is 9.21. The van der Waals surface area contributed by atoms with Crippen LogP contribution < -0.4 is 5.32 Å². The molecule has 1 N–H and O–H groups in total. The second-order valence-corrected chi connectivity index (χ2v) is 8.35. The fourth-order valence-corrected chi connectivity index (χ4v) is 4.50. The van der Waals surface area contributed by atoms with Crippen molar-refractivity contribution in [2.45, 2.75) is 47.1 Å². The van der Waals surface area contributed by atoms with E-state index in [1.54, 1.807) is 0 Å². The number of halogens is 2. The molecule has 3 heteroatoms. The first-order valence-corrected chi connectivity index (χ1v) is 8.56. The molecule has 0 saturated heterocycles. The lowest BCUT2D eigenvalue weighted by Crippen LogP contribution is -2.35. The molecule has 1 aromatic rings. The lowest BCUT2D eigenvalue weighted by molar-refractivity contribution is 0.403. The van der Waals surface area contributed by atoms with Gasteiger partial charge in [0.05, 0.1) is 0 Å². The highest BCUT2D eigenvalue weighted by molar-refractivity contribution is 9.10. The lowest BCUT2D eigenvalue weighted by atomic mass is 9.96. The number of nitrogens with one attached hydrogen (secondary N) is 1. The number of hydrogen-bond donors (Lipinski definition) is 1. The highest BCUT2D eigenvalue weighted by Crippen LogP contribution is 2.69. The first-order valence-electron chi connectivity index (χ1n) is 7.39. The van der Waals surface area contributed by atoms with Crippen LogP contribution >= 0.6 is 27.5 Å². The molecule has 0 heterocycles. The number of rotatable bonds is 5. The lowest BCUT2D eigenvalue weighted by Gasteiger charge is -2.21. The van der Waals surface area contributed by atoms with Crippen LogP contribution in [0.3, 0.4) is 0 Å². The zero-order valence-corrected chi connectivity index (χ0v) is 15.4. The molecule has 2 rings (SSSR count). The Morgan fingerprint density at radius 3 is 2.30 bits per heavy atom. The fourth-order valence-electron chi connectivity index (χ4n) is 3.75. The average molecular weight is 359 g/mol. The molecule has 0 aliphatic heterocycles. The van der Waals surface area contributed by atoms with E-state index >= 15 is 0 Å². The monoisotopic (exact) mass is 357 g/mol. The highest BCUT2D eigenvalue weighted by Gasteiger charge is 2.66. The van der Waals surface area contributed by atoms with Gasteiger partial charge in [0, 0.05) is 15.5 Å². The second kappa shape index (κ2) is 5.62. The van der Waals surface area contributed by atoms with E-state index in [-0.39, 0.29) is 0 Å². The van der Waals surface area contributed by atoms with E-state index in [4.69, 9.17) is 11.6 Å². The molecule has 0 radical (unpaired) electrons. The van der Waals surface area contributed by atoms with Crippen LogP contribution in [0, 0.1) is 16.7 Å². The van der Waals surface area contributed by atoms with E-state index in [0.29, 0.717) is 22.8 Å². The van der Waals surface area contributed by atoms with Crippen molar-refractivity contribution in [3.63, 3.8) is 0 Å². The predicted octanol–water partition coefficient (Wildman–Crippen LogP) is 5.31. The van der Waals surface area contributed by atoms with Crippen LogP contribution in [-0.4, -0.2) is 12.6 Å². The van der Waals surface area contributed by atoms with Crippen LogP contribution in [0.5, 0.6) is 0 Å². The SMILES string of the molecule is CCNC(Cc1ccc(Br)cc1Cl)C1C(C)(C)C1(C)C. The normalized spacial score (nSPS) is 21.8. The molecule has 1 nitrogen and oxygen atoms in total. The topological polar surface area (TPSA) is 12.0 Å². The van der Waals surface area contributed by atoms with Crippen molar-refractivity contribution in [3.05, 3.63) is 33.3 Å². The standard InChI is InChI=1S/C17H25BrClN/c1-6-20-14(15-16(2,3)17(15,4)5)9-11-7-8-12(18)10-13(11)19/h7-8,10,14-15,20H,6,9H2,1-5H3. The number of likely N-dealkylation sites (N-methyl/N-ethyl adjacent to an activating group) is 1. The third-order valence-corrected chi connectivity index (χ3v) is 6.30. The van der Waals surface area contributed by atoms with Gasteiger partial charge in [-0.1, -0.05) is 68.2 Å². The molecule has 0 bridgehead atoms. The molecule has 1 aliphatic rings. The van der Waals surface area contributed by atoms with Gasteiger partial charge in [0.1, 0.15) is 0 Å². The van der Waals surface area contributed by atoms with Crippen LogP contribution in [-0.2, 0) is 6.42 Å². The van der Waals surface area contributed by atoms with E-state index in [1.165, 1.54) is 5.56 Å². The summed E-state index contributed by atoms with van der Waals surface area (Å²) in [5.74, 6) is 0.690. The summed E-state index contributed by atoms with van der Waals surface area (Å²) >= 11 is 9.85. The molecule has 20 heavy (non-hydrogen) atoms. The Balaban J connectivity index is 2.19. The van der Waals surface area contributed by atoms with Gasteiger partial charge in [-0.2, -0.15) is 0 Å². The van der Waals surface area contributed by atoms with Crippen molar-refractivity contribution in [1.29, 1.82) is 0 Å². The summed E-state index contributed by atoms with van der Waals surface area (Å²) in [6.07, 6.45) is 0.997. The average Bonchev–Trinajstić information content (AvgIpc) is 2.72. The molecule has 1 unspecified atom stereocenters. The van der Waals surface area contributed by atoms with E-state index in [2.05, 4.69) is 68.0 Å². The first kappa shape index (κ1) is 16.3. The Bertz CT molecular complexity index is 482. The Kier molecular flexibility index (Phi) is 4.59. The quantitative estimate of drug-likeness (QED) is 0.752. The van der Waals surface area contributed by atoms with Crippen molar-refractivity contribution in [2.24, 2.45) is 16.7 Å². The van der Waals surface area contributed by atoms with Gasteiger partial charge in [-0.3, -0.25) is 0 Å². The summed E-state index contributed by atoms with van der Waals surface area (Å²) in [4.78, 5) is 0. The zero-order chi connectivity index (χ0) is 15.1. The van der Waals surface area contributed by atoms with Crippen molar-refractivity contribution >= 4 is 27.5 Å². The van der Waals surface area contributed by atoms with E-state index in [1.807, 2.05) is 6.07 Å². The van der Waals surface area contributed by atoms with Crippen LogP contribution in [0.25, 0.3) is 0 Å². The molecule has 112 valence electrons. The molecule has 0 spiro atoms. The maximum absolute atomic E-state index is 6.38. The fraction of sp³-hybridized carbons (Fsp3) is 0.647. The Morgan fingerprint density at radius 1 is 1.25 bits per heavy atom. The summed E-state index contributed by atoms with van der Waals surface area (Å²) < 4.78 is 1.04. The van der Waals surface area contributed by atoms with Gasteiger partial charge >= 0.3 is 0 Å². The minimum Gasteiger partial charge on any atom is -0.314 e. The van der Waals surface area contributed by atoms with E-state index in [9.17, 15) is 0 Å². The molecule has 1 aromatic carbocycles. The Labute approximate surface area is 136 Å². The summed E-state index contributed by atoms with van der Waals surface area (Å²) in [5.41, 5.74) is 2.02. The minimum atomic E-state index is 0.391. The molecule has 1 fully saturated rings. The Hall–Kier alpha value is -0.0500. The molecule has 1 saturated carbocycles. The van der Waals surface area contributed by atoms with Crippen LogP contribution in [0.15, 0.2) is 22.7 Å². The van der Waals surface area contributed by atoms with Gasteiger partial charge < -0.3 is 5.32 Å². The molecule has 1 atom stereocenters. The van der Waals surface area contributed by atoms with Crippen molar-refractivity contribution < 1.29 is 0 Å². The van der Waals surface area contributed by atoms with Gasteiger partial charge in [-0.05, 0) is 47.4 Å². The third-order valence-electron chi connectivity index (χ3n) is 5.46. The molecular weight excluding hydrogens is 334 g/mol. The van der Waals surface area contributed by atoms with Crippen molar-refractivity contribution in [3.8, 4) is 0 Å². The number of benzene rings is 1. The van der Waals surface area contributed by atoms with E-state index in [0.717, 1.165) is 22.5 Å². The maximum atomic E-state index is 6.38. The molecule has 1 aliphatic carbocycles. The Morgan fingerprint density at radius 2 is 1.85 bits per heavy atom. The molecule has 0 amide bonds. The molecular formula is C17H25BrClN. The summed E-state index contributed by atoms with van der Waals surface area (Å²) in [7, 11) is 0. The predicted molar refractivity (Wildman–Crippen MR) is 91.4 cm³/mol. The summed E-state index contributed by atoms with van der Waals surface area (Å²) in [5, 5.41) is 4.54. The molecule has 0 aromatic heterocycles. The van der Waals surface area contributed by atoms with Crippen molar-refractivity contribution in [1.82, 2.24) is 5.32 Å². The van der Waals surface area contributed by atoms with Gasteiger partial charge in [0.15, 0.2) is 0 Å². The van der Waals surface area contributed by atoms with Gasteiger partial charge in [-0.25, -0.2) is 0 Å². The number of hydrogen-bond acceptors (Lipinski definition) is 1. The minimum absolute atomic E-state index is 0.391.